The van der Waals surface area contributed by atoms with Gasteiger partial charge in [0, 0.05) is 19.6 Å². The lowest BCUT2D eigenvalue weighted by molar-refractivity contribution is -0.174. The quantitative estimate of drug-likeness (QED) is 0.724. The van der Waals surface area contributed by atoms with Crippen molar-refractivity contribution in [1.29, 1.82) is 0 Å². The topological polar surface area (TPSA) is 27.1 Å². The maximum Gasteiger partial charge on any atom is 0.411 e. The molecule has 1 aromatic carbocycles. The fourth-order valence-corrected chi connectivity index (χ4v) is 2.30. The van der Waals surface area contributed by atoms with E-state index >= 15 is 0 Å². The Kier molecular flexibility index (Phi) is 5.22. The maximum absolute atomic E-state index is 12.0. The summed E-state index contributed by atoms with van der Waals surface area (Å²) in [6.45, 7) is 1.61. The SMILES string of the molecule is CCCc1nc2ccccc2n1CCCOCC(F)(F)F. The van der Waals surface area contributed by atoms with Crippen molar-refractivity contribution in [2.45, 2.75) is 38.9 Å². The van der Waals surface area contributed by atoms with Crippen LogP contribution in [0.2, 0.25) is 0 Å². The van der Waals surface area contributed by atoms with E-state index in [0.29, 0.717) is 13.0 Å². The molecule has 0 N–H and O–H groups in total. The first-order chi connectivity index (χ1) is 10.0. The van der Waals surface area contributed by atoms with Crippen molar-refractivity contribution in [3.63, 3.8) is 0 Å². The van der Waals surface area contributed by atoms with Gasteiger partial charge in [-0.05, 0) is 25.0 Å². The zero-order chi connectivity index (χ0) is 15.3. The van der Waals surface area contributed by atoms with Crippen LogP contribution >= 0.6 is 0 Å². The van der Waals surface area contributed by atoms with Crippen LogP contribution < -0.4 is 0 Å². The fraction of sp³-hybridized carbons (Fsp3) is 0.533. The summed E-state index contributed by atoms with van der Waals surface area (Å²) < 4.78 is 42.7. The van der Waals surface area contributed by atoms with Crippen LogP contribution in [0.3, 0.4) is 0 Å². The third-order valence-corrected chi connectivity index (χ3v) is 3.14. The van der Waals surface area contributed by atoms with Crippen LogP contribution in [-0.2, 0) is 17.7 Å². The van der Waals surface area contributed by atoms with Crippen LogP contribution in [0.1, 0.15) is 25.6 Å². The van der Waals surface area contributed by atoms with Crippen LogP contribution in [-0.4, -0.2) is 28.9 Å². The highest BCUT2D eigenvalue weighted by Crippen LogP contribution is 2.18. The minimum atomic E-state index is -4.25. The molecular formula is C15H19F3N2O. The van der Waals surface area contributed by atoms with Gasteiger partial charge in [-0.15, -0.1) is 0 Å². The summed E-state index contributed by atoms with van der Waals surface area (Å²) in [5, 5.41) is 0. The third-order valence-electron chi connectivity index (χ3n) is 3.14. The van der Waals surface area contributed by atoms with Crippen molar-refractivity contribution >= 4 is 11.0 Å². The summed E-state index contributed by atoms with van der Waals surface area (Å²) in [4.78, 5) is 4.58. The Hall–Kier alpha value is -1.56. The van der Waals surface area contributed by atoms with Crippen LogP contribution in [0.25, 0.3) is 11.0 Å². The molecule has 1 aromatic heterocycles. The Morgan fingerprint density at radius 1 is 1.24 bits per heavy atom. The zero-order valence-corrected chi connectivity index (χ0v) is 12.0. The number of hydrogen-bond acceptors (Lipinski definition) is 2. The summed E-state index contributed by atoms with van der Waals surface area (Å²) in [5.41, 5.74) is 1.95. The van der Waals surface area contributed by atoms with E-state index in [-0.39, 0.29) is 6.61 Å². The number of para-hydroxylation sites is 2. The van der Waals surface area contributed by atoms with Gasteiger partial charge < -0.3 is 9.30 Å². The van der Waals surface area contributed by atoms with Gasteiger partial charge in [-0.2, -0.15) is 13.2 Å². The van der Waals surface area contributed by atoms with Crippen LogP contribution in [0.4, 0.5) is 13.2 Å². The maximum atomic E-state index is 12.0. The highest BCUT2D eigenvalue weighted by molar-refractivity contribution is 5.75. The average molecular weight is 300 g/mol. The lowest BCUT2D eigenvalue weighted by Crippen LogP contribution is -2.18. The second-order valence-electron chi connectivity index (χ2n) is 4.94. The molecule has 0 bridgehead atoms. The molecule has 0 fully saturated rings. The normalized spacial score (nSPS) is 12.2. The first-order valence-electron chi connectivity index (χ1n) is 7.10. The van der Waals surface area contributed by atoms with Gasteiger partial charge >= 0.3 is 6.18 Å². The summed E-state index contributed by atoms with van der Waals surface area (Å²) >= 11 is 0. The Morgan fingerprint density at radius 3 is 2.71 bits per heavy atom. The van der Waals surface area contributed by atoms with Gasteiger partial charge in [0.2, 0.25) is 0 Å². The number of nitrogens with zero attached hydrogens (tertiary/aromatic N) is 2. The molecule has 0 aliphatic heterocycles. The number of imidazole rings is 1. The first kappa shape index (κ1) is 15.8. The number of rotatable bonds is 7. The Balaban J connectivity index is 1.98. The number of aryl methyl sites for hydroxylation is 2. The molecule has 0 atom stereocenters. The summed E-state index contributed by atoms with van der Waals surface area (Å²) in [6.07, 6.45) is -1.88. The molecule has 0 spiro atoms. The van der Waals surface area contributed by atoms with Crippen molar-refractivity contribution in [3.05, 3.63) is 30.1 Å². The van der Waals surface area contributed by atoms with Gasteiger partial charge in [-0.3, -0.25) is 0 Å². The number of aromatic nitrogens is 2. The van der Waals surface area contributed by atoms with E-state index in [9.17, 15) is 13.2 Å². The van der Waals surface area contributed by atoms with E-state index in [2.05, 4.69) is 21.2 Å². The largest absolute Gasteiger partial charge is 0.411 e. The molecule has 0 aliphatic carbocycles. The minimum Gasteiger partial charge on any atom is -0.372 e. The van der Waals surface area contributed by atoms with Crippen molar-refractivity contribution in [2.24, 2.45) is 0 Å². The van der Waals surface area contributed by atoms with Crippen molar-refractivity contribution in [1.82, 2.24) is 9.55 Å². The Bertz CT molecular complexity index is 578. The minimum absolute atomic E-state index is 0.0948. The second-order valence-corrected chi connectivity index (χ2v) is 4.94. The van der Waals surface area contributed by atoms with Gasteiger partial charge in [-0.1, -0.05) is 19.1 Å². The molecular weight excluding hydrogens is 281 g/mol. The van der Waals surface area contributed by atoms with E-state index in [1.54, 1.807) is 0 Å². The number of alkyl halides is 3. The third kappa shape index (κ3) is 4.46. The van der Waals surface area contributed by atoms with Crippen molar-refractivity contribution in [2.75, 3.05) is 13.2 Å². The molecule has 6 heteroatoms. The van der Waals surface area contributed by atoms with Crippen LogP contribution in [0, 0.1) is 0 Å². The molecule has 0 aliphatic rings. The molecule has 0 saturated carbocycles. The number of halogens is 3. The lowest BCUT2D eigenvalue weighted by Gasteiger charge is -2.10. The molecule has 116 valence electrons. The monoisotopic (exact) mass is 300 g/mol. The molecule has 21 heavy (non-hydrogen) atoms. The second kappa shape index (κ2) is 6.93. The van der Waals surface area contributed by atoms with Crippen LogP contribution in [0.15, 0.2) is 24.3 Å². The number of fused-ring (bicyclic) bond motifs is 1. The van der Waals surface area contributed by atoms with E-state index in [1.165, 1.54) is 0 Å². The van der Waals surface area contributed by atoms with Gasteiger partial charge in [0.1, 0.15) is 12.4 Å². The van der Waals surface area contributed by atoms with Gasteiger partial charge in [-0.25, -0.2) is 4.98 Å². The number of hydrogen-bond donors (Lipinski definition) is 0. The molecule has 1 heterocycles. The number of benzene rings is 1. The highest BCUT2D eigenvalue weighted by atomic mass is 19.4. The molecule has 2 rings (SSSR count). The van der Waals surface area contributed by atoms with E-state index in [0.717, 1.165) is 29.7 Å². The molecule has 0 unspecified atom stereocenters. The highest BCUT2D eigenvalue weighted by Gasteiger charge is 2.27. The van der Waals surface area contributed by atoms with Crippen LogP contribution in [0.5, 0.6) is 0 Å². The predicted octanol–water partition coefficient (Wildman–Crippen LogP) is 3.96. The van der Waals surface area contributed by atoms with E-state index < -0.39 is 12.8 Å². The molecule has 0 radical (unpaired) electrons. The molecule has 3 nitrogen and oxygen atoms in total. The summed E-state index contributed by atoms with van der Waals surface area (Å²) in [7, 11) is 0. The van der Waals surface area contributed by atoms with Gasteiger partial charge in [0.05, 0.1) is 11.0 Å². The molecule has 0 amide bonds. The lowest BCUT2D eigenvalue weighted by atomic mass is 10.3. The summed E-state index contributed by atoms with van der Waals surface area (Å²) in [6, 6.07) is 7.81. The fourth-order valence-electron chi connectivity index (χ4n) is 2.30. The smallest absolute Gasteiger partial charge is 0.372 e. The number of ether oxygens (including phenoxy) is 1. The standard InChI is InChI=1S/C15H19F3N2O/c1-2-6-14-19-12-7-3-4-8-13(12)20(14)9-5-10-21-11-15(16,17)18/h3-4,7-8H,2,5-6,9-11H2,1H3. The molecule has 0 saturated heterocycles. The zero-order valence-electron chi connectivity index (χ0n) is 12.0. The predicted molar refractivity (Wildman–Crippen MR) is 75.2 cm³/mol. The Labute approximate surface area is 121 Å². The van der Waals surface area contributed by atoms with Crippen molar-refractivity contribution in [3.8, 4) is 0 Å². The first-order valence-corrected chi connectivity index (χ1v) is 7.10. The molecule has 2 aromatic rings. The summed E-state index contributed by atoms with van der Waals surface area (Å²) in [5.74, 6) is 0.981. The van der Waals surface area contributed by atoms with Gasteiger partial charge in [0.25, 0.3) is 0 Å². The van der Waals surface area contributed by atoms with Crippen molar-refractivity contribution < 1.29 is 17.9 Å². The van der Waals surface area contributed by atoms with Gasteiger partial charge in [0.15, 0.2) is 0 Å². The van der Waals surface area contributed by atoms with E-state index in [1.807, 2.05) is 24.3 Å². The van der Waals surface area contributed by atoms with E-state index in [4.69, 9.17) is 0 Å². The average Bonchev–Trinajstić information content (AvgIpc) is 2.76. The Morgan fingerprint density at radius 2 is 2.00 bits per heavy atom.